The van der Waals surface area contributed by atoms with Gasteiger partial charge in [-0.25, -0.2) is 4.79 Å². The highest BCUT2D eigenvalue weighted by molar-refractivity contribution is 5.47. The van der Waals surface area contributed by atoms with Crippen LogP contribution in [0, 0.1) is 5.41 Å². The van der Waals surface area contributed by atoms with Crippen LogP contribution in [0.3, 0.4) is 0 Å². The molecule has 1 fully saturated rings. The zero-order chi connectivity index (χ0) is 15.6. The highest BCUT2D eigenvalue weighted by atomic mass is 16.5. The summed E-state index contributed by atoms with van der Waals surface area (Å²) in [5, 5.41) is 9.09. The van der Waals surface area contributed by atoms with Gasteiger partial charge in [0, 0.05) is 6.20 Å². The Bertz CT molecular complexity index is 636. The summed E-state index contributed by atoms with van der Waals surface area (Å²) in [6, 6.07) is 0. The highest BCUT2D eigenvalue weighted by Crippen LogP contribution is 2.26. The first-order valence-corrected chi connectivity index (χ1v) is 7.11. The fraction of sp³-hybridized carbons (Fsp3) is 0.600. The fourth-order valence-corrected chi connectivity index (χ4v) is 2.20. The molecule has 0 aromatic carbocycles. The minimum Gasteiger partial charge on any atom is -0.394 e. The van der Waals surface area contributed by atoms with Crippen LogP contribution in [0.5, 0.6) is 0 Å². The zero-order valence-corrected chi connectivity index (χ0v) is 12.6. The first-order valence-electron chi connectivity index (χ1n) is 7.11. The van der Waals surface area contributed by atoms with Gasteiger partial charge in [-0.15, -0.1) is 0 Å². The Morgan fingerprint density at radius 1 is 1.43 bits per heavy atom. The van der Waals surface area contributed by atoms with E-state index >= 15 is 0 Å². The lowest BCUT2D eigenvalue weighted by Gasteiger charge is -2.15. The van der Waals surface area contributed by atoms with Crippen molar-refractivity contribution in [1.29, 1.82) is 0 Å². The number of hydrogen-bond acceptors (Lipinski definition) is 4. The van der Waals surface area contributed by atoms with Crippen molar-refractivity contribution < 1.29 is 9.84 Å². The highest BCUT2D eigenvalue weighted by Gasteiger charge is 2.27. The maximum Gasteiger partial charge on any atom is 0.330 e. The average molecular weight is 294 g/mol. The first kappa shape index (κ1) is 15.7. The summed E-state index contributed by atoms with van der Waals surface area (Å²) in [6.45, 7) is 6.02. The van der Waals surface area contributed by atoms with Crippen molar-refractivity contribution in [2.75, 3.05) is 6.61 Å². The molecule has 0 saturated carbocycles. The maximum absolute atomic E-state index is 11.9. The van der Waals surface area contributed by atoms with Crippen molar-refractivity contribution in [3.8, 4) is 0 Å². The first-order chi connectivity index (χ1) is 9.80. The van der Waals surface area contributed by atoms with E-state index in [1.165, 1.54) is 10.8 Å². The van der Waals surface area contributed by atoms with Gasteiger partial charge >= 0.3 is 5.69 Å². The van der Waals surface area contributed by atoms with Crippen LogP contribution in [-0.2, 0) is 4.74 Å². The predicted molar refractivity (Wildman–Crippen MR) is 80.0 cm³/mol. The molecule has 0 amide bonds. The standard InChI is InChI=1S/C15H22N2O4/c1-15(2,3)7-6-10-8-17(14(20)16-13(10)19)12-5-4-11(9-18)21-12/h6-8,11-12,18H,4-5,9H2,1-3H3,(H,16,19,20)/b7-6+/t11-,12+/m0/s1. The number of H-pyrrole nitrogens is 1. The molecular weight excluding hydrogens is 272 g/mol. The van der Waals surface area contributed by atoms with Crippen LogP contribution in [-0.4, -0.2) is 27.4 Å². The Morgan fingerprint density at radius 3 is 2.71 bits per heavy atom. The number of aliphatic hydroxyl groups excluding tert-OH is 1. The van der Waals surface area contributed by atoms with Crippen LogP contribution in [0.15, 0.2) is 21.9 Å². The SMILES string of the molecule is CC(C)(C)/C=C/c1cn([C@H]2CC[C@@H](CO)O2)c(=O)[nH]c1=O. The molecule has 1 aromatic heterocycles. The third-order valence-electron chi connectivity index (χ3n) is 3.36. The Kier molecular flexibility index (Phi) is 4.49. The van der Waals surface area contributed by atoms with Gasteiger partial charge in [-0.05, 0) is 18.3 Å². The quantitative estimate of drug-likeness (QED) is 0.879. The minimum atomic E-state index is -0.489. The lowest BCUT2D eigenvalue weighted by Crippen LogP contribution is -2.33. The number of nitrogens with zero attached hydrogens (tertiary/aromatic N) is 1. The Labute approximate surface area is 123 Å². The van der Waals surface area contributed by atoms with Gasteiger partial charge in [-0.1, -0.05) is 32.9 Å². The van der Waals surface area contributed by atoms with E-state index in [2.05, 4.69) is 4.98 Å². The summed E-state index contributed by atoms with van der Waals surface area (Å²) in [4.78, 5) is 26.1. The molecule has 116 valence electrons. The Hall–Kier alpha value is -1.66. The number of aromatic amines is 1. The van der Waals surface area contributed by atoms with Crippen molar-refractivity contribution >= 4 is 6.08 Å². The van der Waals surface area contributed by atoms with Crippen molar-refractivity contribution in [3.05, 3.63) is 38.7 Å². The summed E-state index contributed by atoms with van der Waals surface area (Å²) in [6.07, 6.45) is 5.80. The van der Waals surface area contributed by atoms with Gasteiger partial charge in [0.2, 0.25) is 0 Å². The number of rotatable bonds is 3. The topological polar surface area (TPSA) is 84.3 Å². The minimum absolute atomic E-state index is 0.0563. The van der Waals surface area contributed by atoms with Crippen LogP contribution >= 0.6 is 0 Å². The Morgan fingerprint density at radius 2 is 2.14 bits per heavy atom. The van der Waals surface area contributed by atoms with Crippen LogP contribution in [0.1, 0.15) is 45.4 Å². The molecule has 2 atom stereocenters. The second kappa shape index (κ2) is 5.99. The molecule has 6 heteroatoms. The van der Waals surface area contributed by atoms with E-state index < -0.39 is 17.5 Å². The molecule has 2 N–H and O–H groups in total. The smallest absolute Gasteiger partial charge is 0.330 e. The van der Waals surface area contributed by atoms with Crippen molar-refractivity contribution in [2.24, 2.45) is 5.41 Å². The molecular formula is C15H22N2O4. The van der Waals surface area contributed by atoms with Crippen LogP contribution in [0.25, 0.3) is 6.08 Å². The predicted octanol–water partition coefficient (Wildman–Crippen LogP) is 1.27. The van der Waals surface area contributed by atoms with E-state index in [0.29, 0.717) is 18.4 Å². The molecule has 0 aliphatic carbocycles. The van der Waals surface area contributed by atoms with Gasteiger partial charge < -0.3 is 9.84 Å². The molecule has 0 bridgehead atoms. The van der Waals surface area contributed by atoms with E-state index in [1.54, 1.807) is 6.08 Å². The van der Waals surface area contributed by atoms with E-state index in [-0.39, 0.29) is 18.1 Å². The summed E-state index contributed by atoms with van der Waals surface area (Å²) >= 11 is 0. The van der Waals surface area contributed by atoms with Gasteiger partial charge in [0.1, 0.15) is 6.23 Å². The van der Waals surface area contributed by atoms with Crippen LogP contribution in [0.4, 0.5) is 0 Å². The Balaban J connectivity index is 2.33. The van der Waals surface area contributed by atoms with Gasteiger partial charge in [0.15, 0.2) is 0 Å². The molecule has 2 heterocycles. The van der Waals surface area contributed by atoms with Crippen LogP contribution < -0.4 is 11.2 Å². The monoisotopic (exact) mass is 294 g/mol. The van der Waals surface area contributed by atoms with Gasteiger partial charge in [-0.3, -0.25) is 14.3 Å². The molecule has 6 nitrogen and oxygen atoms in total. The van der Waals surface area contributed by atoms with Gasteiger partial charge in [0.05, 0.1) is 18.3 Å². The molecule has 21 heavy (non-hydrogen) atoms. The normalized spacial score (nSPS) is 23.0. The number of nitrogens with one attached hydrogen (secondary N) is 1. The number of ether oxygens (including phenoxy) is 1. The van der Waals surface area contributed by atoms with E-state index in [4.69, 9.17) is 9.84 Å². The van der Waals surface area contributed by atoms with Gasteiger partial charge in [-0.2, -0.15) is 0 Å². The molecule has 0 radical (unpaired) electrons. The second-order valence-electron chi connectivity index (χ2n) is 6.42. The summed E-state index contributed by atoms with van der Waals surface area (Å²) < 4.78 is 6.97. The van der Waals surface area contributed by atoms with E-state index in [0.717, 1.165) is 0 Å². The summed E-state index contributed by atoms with van der Waals surface area (Å²) in [7, 11) is 0. The number of hydrogen-bond donors (Lipinski definition) is 2. The lowest BCUT2D eigenvalue weighted by atomic mass is 9.96. The number of allylic oxidation sites excluding steroid dienone is 1. The number of aromatic nitrogens is 2. The van der Waals surface area contributed by atoms with Crippen molar-refractivity contribution in [2.45, 2.75) is 45.9 Å². The van der Waals surface area contributed by atoms with Gasteiger partial charge in [0.25, 0.3) is 5.56 Å². The molecule has 0 spiro atoms. The molecule has 1 aromatic rings. The fourth-order valence-electron chi connectivity index (χ4n) is 2.20. The summed E-state index contributed by atoms with van der Waals surface area (Å²) in [5.41, 5.74) is -0.537. The third kappa shape index (κ3) is 3.92. The number of aliphatic hydroxyl groups is 1. The molecule has 2 rings (SSSR count). The van der Waals surface area contributed by atoms with E-state index in [9.17, 15) is 9.59 Å². The summed E-state index contributed by atoms with van der Waals surface area (Å²) in [5.74, 6) is 0. The van der Waals surface area contributed by atoms with Crippen molar-refractivity contribution in [1.82, 2.24) is 9.55 Å². The second-order valence-corrected chi connectivity index (χ2v) is 6.42. The molecule has 1 aliphatic rings. The van der Waals surface area contributed by atoms with Crippen molar-refractivity contribution in [3.63, 3.8) is 0 Å². The molecule has 0 unspecified atom stereocenters. The van der Waals surface area contributed by atoms with E-state index in [1.807, 2.05) is 26.8 Å². The average Bonchev–Trinajstić information content (AvgIpc) is 2.85. The zero-order valence-electron chi connectivity index (χ0n) is 12.6. The molecule has 1 saturated heterocycles. The lowest BCUT2D eigenvalue weighted by molar-refractivity contribution is -0.0246. The maximum atomic E-state index is 11.9. The largest absolute Gasteiger partial charge is 0.394 e. The third-order valence-corrected chi connectivity index (χ3v) is 3.36. The van der Waals surface area contributed by atoms with Crippen LogP contribution in [0.2, 0.25) is 0 Å². The molecule has 1 aliphatic heterocycles.